The molecule has 0 radical (unpaired) electrons. The van der Waals surface area contributed by atoms with E-state index >= 15 is 0 Å². The van der Waals surface area contributed by atoms with E-state index in [1.54, 1.807) is 0 Å². The van der Waals surface area contributed by atoms with Gasteiger partial charge in [-0.3, -0.25) is 0 Å². The zero-order valence-corrected chi connectivity index (χ0v) is 14.9. The largest absolute Gasteiger partial charge is 0.507 e. The Labute approximate surface area is 166 Å². The van der Waals surface area contributed by atoms with Gasteiger partial charge in [0.25, 0.3) is 0 Å². The Hall–Kier alpha value is -3.56. The Morgan fingerprint density at radius 1 is 0.600 bits per heavy atom. The summed E-state index contributed by atoms with van der Waals surface area (Å²) in [4.78, 5) is 0. The van der Waals surface area contributed by atoms with Crippen molar-refractivity contribution in [2.24, 2.45) is 0 Å². The van der Waals surface area contributed by atoms with Crippen LogP contribution in [0.5, 0.6) is 11.5 Å². The Morgan fingerprint density at radius 2 is 0.967 bits per heavy atom. The first kappa shape index (κ1) is 21.2. The van der Waals surface area contributed by atoms with Crippen LogP contribution in [0.2, 0.25) is 0 Å². The molecule has 0 spiro atoms. The normalized spacial score (nSPS) is 12.2. The van der Waals surface area contributed by atoms with Crippen molar-refractivity contribution in [3.63, 3.8) is 0 Å². The predicted molar refractivity (Wildman–Crippen MR) is 99.5 cm³/mol. The third kappa shape index (κ3) is 3.68. The lowest BCUT2D eigenvalue weighted by molar-refractivity contribution is -0.137. The summed E-state index contributed by atoms with van der Waals surface area (Å²) in [6.45, 7) is 0. The number of nitrogen functional groups attached to an aromatic ring is 2. The number of phenols is 2. The van der Waals surface area contributed by atoms with E-state index < -0.39 is 57.5 Å². The van der Waals surface area contributed by atoms with Crippen molar-refractivity contribution >= 4 is 11.4 Å². The molecular weight excluding hydrogens is 414 g/mol. The number of anilines is 2. The van der Waals surface area contributed by atoms with Gasteiger partial charge in [-0.15, -0.1) is 0 Å². The molecule has 0 fully saturated rings. The average molecular weight is 428 g/mol. The van der Waals surface area contributed by atoms with Crippen LogP contribution in [-0.2, 0) is 12.4 Å². The number of hydrogen-bond donors (Lipinski definition) is 4. The Kier molecular flexibility index (Phi) is 4.97. The molecule has 10 heteroatoms. The third-order valence-electron chi connectivity index (χ3n) is 4.44. The van der Waals surface area contributed by atoms with Gasteiger partial charge in [-0.25, -0.2) is 0 Å². The standard InChI is InChI=1S/C20H14F6N2O2/c21-19(22,23)17-11(27)4-6-13(29)15(17)9-2-1-3-10(8-9)16-14(30)7-5-12(28)18(16)20(24,25)26/h1-8,29-30H,27-28H2. The molecule has 158 valence electrons. The molecule has 4 nitrogen and oxygen atoms in total. The smallest absolute Gasteiger partial charge is 0.419 e. The summed E-state index contributed by atoms with van der Waals surface area (Å²) in [6, 6.07) is 8.16. The van der Waals surface area contributed by atoms with Gasteiger partial charge in [-0.05, 0) is 41.5 Å². The monoisotopic (exact) mass is 428 g/mol. The number of aromatic hydroxyl groups is 2. The highest BCUT2D eigenvalue weighted by Crippen LogP contribution is 2.48. The minimum absolute atomic E-state index is 0.250. The highest BCUT2D eigenvalue weighted by Gasteiger charge is 2.39. The van der Waals surface area contributed by atoms with Crippen LogP contribution in [0.1, 0.15) is 11.1 Å². The van der Waals surface area contributed by atoms with Gasteiger partial charge in [0.1, 0.15) is 11.5 Å². The van der Waals surface area contributed by atoms with Crippen LogP contribution >= 0.6 is 0 Å². The molecule has 0 saturated carbocycles. The molecule has 3 aromatic rings. The van der Waals surface area contributed by atoms with E-state index in [2.05, 4.69) is 0 Å². The molecule has 0 aliphatic heterocycles. The van der Waals surface area contributed by atoms with Crippen molar-refractivity contribution in [1.29, 1.82) is 0 Å². The number of benzene rings is 3. The second kappa shape index (κ2) is 7.05. The predicted octanol–water partition coefficient (Wildman–Crippen LogP) is 5.63. The molecule has 0 amide bonds. The summed E-state index contributed by atoms with van der Waals surface area (Å²) < 4.78 is 81.2. The average Bonchev–Trinajstić information content (AvgIpc) is 2.63. The van der Waals surface area contributed by atoms with Crippen molar-refractivity contribution in [1.82, 2.24) is 0 Å². The molecule has 30 heavy (non-hydrogen) atoms. The number of nitrogens with two attached hydrogens (primary N) is 2. The molecule has 3 aromatic carbocycles. The SMILES string of the molecule is Nc1ccc(O)c(-c2cccc(-c3c(O)ccc(N)c3C(F)(F)F)c2)c1C(F)(F)F. The summed E-state index contributed by atoms with van der Waals surface area (Å²) in [6.07, 6.45) is -9.88. The van der Waals surface area contributed by atoms with Gasteiger partial charge in [0.15, 0.2) is 0 Å². The summed E-state index contributed by atoms with van der Waals surface area (Å²) in [5.74, 6) is -1.52. The number of phenolic OH excluding ortho intramolecular Hbond substituents is 2. The maximum absolute atomic E-state index is 13.5. The third-order valence-corrected chi connectivity index (χ3v) is 4.44. The van der Waals surface area contributed by atoms with Crippen LogP contribution < -0.4 is 11.5 Å². The van der Waals surface area contributed by atoms with E-state index in [1.807, 2.05) is 0 Å². The van der Waals surface area contributed by atoms with Crippen molar-refractivity contribution in [3.05, 3.63) is 59.7 Å². The van der Waals surface area contributed by atoms with Gasteiger partial charge in [-0.1, -0.05) is 18.2 Å². The van der Waals surface area contributed by atoms with Crippen LogP contribution in [0.3, 0.4) is 0 Å². The summed E-state index contributed by atoms with van der Waals surface area (Å²) in [7, 11) is 0. The molecule has 0 bridgehead atoms. The van der Waals surface area contributed by atoms with Gasteiger partial charge >= 0.3 is 12.4 Å². The number of hydrogen-bond acceptors (Lipinski definition) is 4. The van der Waals surface area contributed by atoms with Crippen molar-refractivity contribution < 1.29 is 36.6 Å². The first-order valence-electron chi connectivity index (χ1n) is 8.30. The minimum atomic E-state index is -4.94. The van der Waals surface area contributed by atoms with E-state index in [4.69, 9.17) is 11.5 Å². The van der Waals surface area contributed by atoms with Crippen molar-refractivity contribution in [2.75, 3.05) is 11.5 Å². The fourth-order valence-electron chi connectivity index (χ4n) is 3.24. The molecule has 0 heterocycles. The Balaban J connectivity index is 2.33. The molecule has 0 saturated heterocycles. The lowest BCUT2D eigenvalue weighted by Gasteiger charge is -2.19. The Bertz CT molecular complexity index is 1040. The summed E-state index contributed by atoms with van der Waals surface area (Å²) in [5, 5.41) is 20.1. The fraction of sp³-hybridized carbons (Fsp3) is 0.100. The second-order valence-electron chi connectivity index (χ2n) is 6.42. The van der Waals surface area contributed by atoms with Crippen LogP contribution in [-0.4, -0.2) is 10.2 Å². The van der Waals surface area contributed by atoms with Gasteiger partial charge in [0.2, 0.25) is 0 Å². The zero-order chi connectivity index (χ0) is 22.4. The van der Waals surface area contributed by atoms with Gasteiger partial charge in [0.05, 0.1) is 11.1 Å². The van der Waals surface area contributed by atoms with E-state index in [0.29, 0.717) is 0 Å². The Morgan fingerprint density at radius 3 is 1.30 bits per heavy atom. The van der Waals surface area contributed by atoms with Crippen LogP contribution in [0.4, 0.5) is 37.7 Å². The lowest BCUT2D eigenvalue weighted by Crippen LogP contribution is -2.12. The quantitative estimate of drug-likeness (QED) is 0.242. The number of alkyl halides is 6. The van der Waals surface area contributed by atoms with E-state index in [0.717, 1.165) is 30.3 Å². The topological polar surface area (TPSA) is 92.5 Å². The van der Waals surface area contributed by atoms with Crippen LogP contribution in [0.15, 0.2) is 48.5 Å². The maximum Gasteiger partial charge on any atom is 0.419 e. The van der Waals surface area contributed by atoms with Crippen LogP contribution in [0.25, 0.3) is 22.3 Å². The number of rotatable bonds is 2. The molecular formula is C20H14F6N2O2. The van der Waals surface area contributed by atoms with E-state index in [9.17, 15) is 36.6 Å². The highest BCUT2D eigenvalue weighted by molar-refractivity contribution is 5.85. The summed E-state index contributed by atoms with van der Waals surface area (Å²) >= 11 is 0. The number of halogens is 6. The van der Waals surface area contributed by atoms with Gasteiger partial charge < -0.3 is 21.7 Å². The minimum Gasteiger partial charge on any atom is -0.507 e. The first-order chi connectivity index (χ1) is 13.8. The van der Waals surface area contributed by atoms with Gasteiger partial charge in [-0.2, -0.15) is 26.3 Å². The zero-order valence-electron chi connectivity index (χ0n) is 14.9. The van der Waals surface area contributed by atoms with Gasteiger partial charge in [0, 0.05) is 22.5 Å². The summed E-state index contributed by atoms with van der Waals surface area (Å²) in [5.41, 5.74) is 5.04. The molecule has 6 N–H and O–H groups in total. The lowest BCUT2D eigenvalue weighted by atomic mass is 9.91. The van der Waals surface area contributed by atoms with Crippen molar-refractivity contribution in [2.45, 2.75) is 12.4 Å². The first-order valence-corrected chi connectivity index (χ1v) is 8.30. The van der Waals surface area contributed by atoms with Crippen LogP contribution in [0, 0.1) is 0 Å². The maximum atomic E-state index is 13.5. The molecule has 3 rings (SSSR count). The highest BCUT2D eigenvalue weighted by atomic mass is 19.4. The molecule has 0 atom stereocenters. The molecule has 0 aliphatic carbocycles. The molecule has 0 aromatic heterocycles. The second-order valence-corrected chi connectivity index (χ2v) is 6.42. The van der Waals surface area contributed by atoms with E-state index in [1.165, 1.54) is 18.2 Å². The molecule has 0 aliphatic rings. The fourth-order valence-corrected chi connectivity index (χ4v) is 3.24. The molecule has 0 unspecified atom stereocenters. The van der Waals surface area contributed by atoms with Crippen molar-refractivity contribution in [3.8, 4) is 33.8 Å². The van der Waals surface area contributed by atoms with E-state index in [-0.39, 0.29) is 11.1 Å².